The molecule has 2 heterocycles. The minimum Gasteiger partial charge on any atom is -0.368 e. The molecule has 1 amide bonds. The maximum Gasteiger partial charge on any atom is 0.252 e. The Kier molecular flexibility index (Phi) is 9.92. The fraction of sp³-hybridized carbons (Fsp3) is 0.824. The molecule has 0 aliphatic carbocycles. The Hall–Kier alpha value is -0.830. The van der Waals surface area contributed by atoms with Crippen LogP contribution in [-0.2, 0) is 22.5 Å². The number of hydrogen-bond donors (Lipinski definition) is 2. The number of nitrogens with one attached hydrogen (secondary N) is 2. The van der Waals surface area contributed by atoms with Gasteiger partial charge in [0.2, 0.25) is 0 Å². The Morgan fingerprint density at radius 1 is 1.38 bits per heavy atom. The van der Waals surface area contributed by atoms with E-state index in [4.69, 9.17) is 4.74 Å². The largest absolute Gasteiger partial charge is 0.368 e. The van der Waals surface area contributed by atoms with E-state index in [1.165, 1.54) is 0 Å². The van der Waals surface area contributed by atoms with Gasteiger partial charge in [0.15, 0.2) is 5.16 Å². The fourth-order valence-corrected chi connectivity index (χ4v) is 3.69. The second kappa shape index (κ2) is 11.1. The molecule has 0 aromatic carbocycles. The van der Waals surface area contributed by atoms with E-state index in [1.807, 2.05) is 6.26 Å². The van der Waals surface area contributed by atoms with Crippen molar-refractivity contribution in [2.75, 3.05) is 33.0 Å². The smallest absolute Gasteiger partial charge is 0.252 e. The average molecular weight is 406 g/mol. The van der Waals surface area contributed by atoms with Crippen LogP contribution in [0.25, 0.3) is 0 Å². The normalized spacial score (nSPS) is 16.3. The summed E-state index contributed by atoms with van der Waals surface area (Å²) in [6.07, 6.45) is 5.11. The average Bonchev–Trinajstić information content (AvgIpc) is 3.00. The van der Waals surface area contributed by atoms with Crippen LogP contribution in [0.15, 0.2) is 5.16 Å². The standard InChI is InChI=1S/C17H31N5O2S.ClH/c1-13(2)12-22-14(20-21-16(22)25-4)6-5-9-19-15(23)17(24-3)7-10-18-11-8-17;/h13,18H,5-12H2,1-4H3,(H,19,23);1H. The van der Waals surface area contributed by atoms with Crippen LogP contribution in [0.1, 0.15) is 38.9 Å². The predicted molar refractivity (Wildman–Crippen MR) is 107 cm³/mol. The van der Waals surface area contributed by atoms with Gasteiger partial charge in [-0.15, -0.1) is 22.6 Å². The highest BCUT2D eigenvalue weighted by atomic mass is 35.5. The number of aromatic nitrogens is 3. The lowest BCUT2D eigenvalue weighted by atomic mass is 9.91. The molecule has 1 aromatic heterocycles. The number of carbonyl (C=O) groups is 1. The van der Waals surface area contributed by atoms with Crippen molar-refractivity contribution in [3.8, 4) is 0 Å². The third kappa shape index (κ3) is 5.84. The fourth-order valence-electron chi connectivity index (χ4n) is 3.17. The quantitative estimate of drug-likeness (QED) is 0.482. The third-order valence-corrected chi connectivity index (χ3v) is 5.27. The van der Waals surface area contributed by atoms with Crippen molar-refractivity contribution in [2.24, 2.45) is 5.92 Å². The molecule has 0 spiro atoms. The van der Waals surface area contributed by atoms with Crippen LogP contribution in [0, 0.1) is 5.92 Å². The van der Waals surface area contributed by atoms with Crippen molar-refractivity contribution in [1.29, 1.82) is 0 Å². The zero-order chi connectivity index (χ0) is 18.3. The summed E-state index contributed by atoms with van der Waals surface area (Å²) in [5, 5.41) is 15.9. The zero-order valence-corrected chi connectivity index (χ0v) is 17.8. The molecule has 1 aliphatic rings. The van der Waals surface area contributed by atoms with Gasteiger partial charge in [-0.05, 0) is 44.5 Å². The summed E-state index contributed by atoms with van der Waals surface area (Å²) in [5.74, 6) is 1.54. The SMILES string of the molecule is COC1(C(=O)NCCCc2nnc(SC)n2CC(C)C)CCNCC1.Cl. The molecule has 1 fully saturated rings. The maximum absolute atomic E-state index is 12.5. The molecule has 1 aromatic rings. The highest BCUT2D eigenvalue weighted by molar-refractivity contribution is 7.98. The van der Waals surface area contributed by atoms with Gasteiger partial charge < -0.3 is 19.9 Å². The Balaban J connectivity index is 0.00000338. The van der Waals surface area contributed by atoms with Crippen LogP contribution < -0.4 is 10.6 Å². The summed E-state index contributed by atoms with van der Waals surface area (Å²) in [5.41, 5.74) is -0.672. The van der Waals surface area contributed by atoms with E-state index < -0.39 is 5.60 Å². The molecule has 0 unspecified atom stereocenters. The van der Waals surface area contributed by atoms with E-state index in [1.54, 1.807) is 18.9 Å². The van der Waals surface area contributed by atoms with E-state index in [-0.39, 0.29) is 18.3 Å². The molecular weight excluding hydrogens is 374 g/mol. The van der Waals surface area contributed by atoms with E-state index in [0.717, 1.165) is 56.3 Å². The number of rotatable bonds is 9. The molecule has 1 aliphatic heterocycles. The Bertz CT molecular complexity index is 561. The lowest BCUT2D eigenvalue weighted by molar-refractivity contribution is -0.146. The van der Waals surface area contributed by atoms with E-state index in [2.05, 4.69) is 39.2 Å². The van der Waals surface area contributed by atoms with Crippen molar-refractivity contribution < 1.29 is 9.53 Å². The minimum atomic E-state index is -0.672. The number of ether oxygens (including phenoxy) is 1. The highest BCUT2D eigenvalue weighted by Crippen LogP contribution is 2.22. The van der Waals surface area contributed by atoms with Crippen LogP contribution in [0.4, 0.5) is 0 Å². The lowest BCUT2D eigenvalue weighted by Gasteiger charge is -2.34. The number of aryl methyl sites for hydroxylation is 1. The number of hydrogen-bond acceptors (Lipinski definition) is 6. The zero-order valence-electron chi connectivity index (χ0n) is 16.2. The van der Waals surface area contributed by atoms with Crippen molar-refractivity contribution in [2.45, 2.75) is 56.8 Å². The lowest BCUT2D eigenvalue weighted by Crippen LogP contribution is -2.54. The minimum absolute atomic E-state index is 0. The Labute approximate surface area is 166 Å². The number of piperidine rings is 1. The summed E-state index contributed by atoms with van der Waals surface area (Å²) >= 11 is 1.62. The first-order valence-electron chi connectivity index (χ1n) is 9.02. The van der Waals surface area contributed by atoms with Crippen molar-refractivity contribution in [3.63, 3.8) is 0 Å². The first kappa shape index (κ1) is 23.2. The molecule has 9 heteroatoms. The molecule has 7 nitrogen and oxygen atoms in total. The third-order valence-electron chi connectivity index (χ3n) is 4.60. The summed E-state index contributed by atoms with van der Waals surface area (Å²) in [6.45, 7) is 7.56. The molecule has 0 radical (unpaired) electrons. The van der Waals surface area contributed by atoms with Crippen LogP contribution >= 0.6 is 24.2 Å². The first-order valence-corrected chi connectivity index (χ1v) is 10.2. The molecule has 150 valence electrons. The van der Waals surface area contributed by atoms with Gasteiger partial charge in [0.05, 0.1) is 0 Å². The van der Waals surface area contributed by atoms with Gasteiger partial charge in [-0.25, -0.2) is 0 Å². The topological polar surface area (TPSA) is 81.1 Å². The monoisotopic (exact) mass is 405 g/mol. The summed E-state index contributed by atoms with van der Waals surface area (Å²) in [4.78, 5) is 12.5. The van der Waals surface area contributed by atoms with Gasteiger partial charge in [0.25, 0.3) is 5.91 Å². The Morgan fingerprint density at radius 3 is 2.65 bits per heavy atom. The van der Waals surface area contributed by atoms with Gasteiger partial charge in [-0.1, -0.05) is 25.6 Å². The first-order chi connectivity index (χ1) is 12.0. The molecular formula is C17H32ClN5O2S. The number of amides is 1. The maximum atomic E-state index is 12.5. The Morgan fingerprint density at radius 2 is 2.08 bits per heavy atom. The molecule has 1 saturated heterocycles. The molecule has 0 saturated carbocycles. The van der Waals surface area contributed by atoms with Crippen LogP contribution in [-0.4, -0.2) is 59.3 Å². The second-order valence-corrected chi connectivity index (χ2v) is 7.69. The second-order valence-electron chi connectivity index (χ2n) is 6.92. The predicted octanol–water partition coefficient (Wildman–Crippen LogP) is 1.90. The van der Waals surface area contributed by atoms with Crippen molar-refractivity contribution >= 4 is 30.1 Å². The molecule has 2 rings (SSSR count). The number of methoxy groups -OCH3 is 1. The van der Waals surface area contributed by atoms with E-state index in [9.17, 15) is 4.79 Å². The highest BCUT2D eigenvalue weighted by Gasteiger charge is 2.39. The van der Waals surface area contributed by atoms with E-state index in [0.29, 0.717) is 12.5 Å². The van der Waals surface area contributed by atoms with Crippen molar-refractivity contribution in [1.82, 2.24) is 25.4 Å². The van der Waals surface area contributed by atoms with Gasteiger partial charge in [0.1, 0.15) is 11.4 Å². The van der Waals surface area contributed by atoms with Gasteiger partial charge in [-0.3, -0.25) is 4.79 Å². The van der Waals surface area contributed by atoms with Crippen molar-refractivity contribution in [3.05, 3.63) is 5.82 Å². The van der Waals surface area contributed by atoms with Gasteiger partial charge >= 0.3 is 0 Å². The number of thioether (sulfide) groups is 1. The molecule has 26 heavy (non-hydrogen) atoms. The van der Waals surface area contributed by atoms with Crippen LogP contribution in [0.5, 0.6) is 0 Å². The number of nitrogens with zero attached hydrogens (tertiary/aromatic N) is 3. The van der Waals surface area contributed by atoms with Gasteiger partial charge in [-0.2, -0.15) is 0 Å². The molecule has 0 bridgehead atoms. The summed E-state index contributed by atoms with van der Waals surface area (Å²) in [7, 11) is 1.63. The number of halogens is 1. The van der Waals surface area contributed by atoms with E-state index >= 15 is 0 Å². The summed E-state index contributed by atoms with van der Waals surface area (Å²) < 4.78 is 7.75. The molecule has 2 N–H and O–H groups in total. The molecule has 0 atom stereocenters. The van der Waals surface area contributed by atoms with Crippen LogP contribution in [0.2, 0.25) is 0 Å². The van der Waals surface area contributed by atoms with Crippen LogP contribution in [0.3, 0.4) is 0 Å². The van der Waals surface area contributed by atoms with Gasteiger partial charge in [0, 0.05) is 26.6 Å². The summed E-state index contributed by atoms with van der Waals surface area (Å²) in [6, 6.07) is 0. The number of carbonyl (C=O) groups excluding carboxylic acids is 1.